The summed E-state index contributed by atoms with van der Waals surface area (Å²) in [4.78, 5) is 23.9. The molecule has 0 fully saturated rings. The molecule has 0 aromatic heterocycles. The number of amides is 1. The van der Waals surface area contributed by atoms with E-state index in [1.807, 2.05) is 26.0 Å². The monoisotopic (exact) mass is 406 g/mol. The highest BCUT2D eigenvalue weighted by Gasteiger charge is 2.18. The van der Waals surface area contributed by atoms with Gasteiger partial charge in [-0.2, -0.15) is 0 Å². The number of hydrogen-bond donors (Lipinski definition) is 2. The Bertz CT molecular complexity index is 970. The SMILES string of the molecule is Cc1ccc(OCC(=O)O[C@H](C)C(=O)Nc2ccc(S(N)(=O)=O)cc2)cc1C. The van der Waals surface area contributed by atoms with Crippen LogP contribution in [0, 0.1) is 13.8 Å². The van der Waals surface area contributed by atoms with E-state index in [-0.39, 0.29) is 11.5 Å². The van der Waals surface area contributed by atoms with Crippen molar-refractivity contribution < 1.29 is 27.5 Å². The van der Waals surface area contributed by atoms with Crippen molar-refractivity contribution in [1.82, 2.24) is 0 Å². The van der Waals surface area contributed by atoms with E-state index in [1.54, 1.807) is 6.07 Å². The number of ether oxygens (including phenoxy) is 2. The quantitative estimate of drug-likeness (QED) is 0.677. The number of primary sulfonamides is 1. The summed E-state index contributed by atoms with van der Waals surface area (Å²) in [7, 11) is -3.81. The highest BCUT2D eigenvalue weighted by atomic mass is 32.2. The molecule has 0 aliphatic rings. The van der Waals surface area contributed by atoms with Gasteiger partial charge in [-0.05, 0) is 68.3 Å². The summed E-state index contributed by atoms with van der Waals surface area (Å²) in [6.45, 7) is 4.99. The fourth-order valence-electron chi connectivity index (χ4n) is 2.20. The maximum absolute atomic E-state index is 12.1. The molecular formula is C19H22N2O6S. The highest BCUT2D eigenvalue weighted by Crippen LogP contribution is 2.16. The van der Waals surface area contributed by atoms with Crippen LogP contribution in [0.1, 0.15) is 18.1 Å². The van der Waals surface area contributed by atoms with Crippen molar-refractivity contribution in [2.24, 2.45) is 5.14 Å². The number of aryl methyl sites for hydroxylation is 2. The van der Waals surface area contributed by atoms with Crippen molar-refractivity contribution in [1.29, 1.82) is 0 Å². The van der Waals surface area contributed by atoms with Crippen molar-refractivity contribution in [3.63, 3.8) is 0 Å². The summed E-state index contributed by atoms with van der Waals surface area (Å²) >= 11 is 0. The molecule has 9 heteroatoms. The lowest BCUT2D eigenvalue weighted by molar-refractivity contribution is -0.155. The zero-order chi connectivity index (χ0) is 20.9. The Morgan fingerprint density at radius 3 is 2.29 bits per heavy atom. The fourth-order valence-corrected chi connectivity index (χ4v) is 2.72. The molecule has 3 N–H and O–H groups in total. The Hall–Kier alpha value is -2.91. The van der Waals surface area contributed by atoms with Crippen LogP contribution in [0.4, 0.5) is 5.69 Å². The van der Waals surface area contributed by atoms with Gasteiger partial charge in [0.25, 0.3) is 5.91 Å². The van der Waals surface area contributed by atoms with Crippen LogP contribution in [-0.4, -0.2) is 33.0 Å². The van der Waals surface area contributed by atoms with Crippen molar-refractivity contribution in [2.45, 2.75) is 31.8 Å². The van der Waals surface area contributed by atoms with Crippen LogP contribution in [0.2, 0.25) is 0 Å². The van der Waals surface area contributed by atoms with Crippen LogP contribution in [0.25, 0.3) is 0 Å². The fraction of sp³-hybridized carbons (Fsp3) is 0.263. The lowest BCUT2D eigenvalue weighted by Crippen LogP contribution is -2.31. The summed E-state index contributed by atoms with van der Waals surface area (Å²) in [6.07, 6.45) is -1.06. The van der Waals surface area contributed by atoms with E-state index in [9.17, 15) is 18.0 Å². The summed E-state index contributed by atoms with van der Waals surface area (Å²) in [5.41, 5.74) is 2.48. The van der Waals surface area contributed by atoms with Gasteiger partial charge in [0.2, 0.25) is 10.0 Å². The Morgan fingerprint density at radius 1 is 1.07 bits per heavy atom. The molecule has 0 unspecified atom stereocenters. The first-order valence-corrected chi connectivity index (χ1v) is 9.94. The van der Waals surface area contributed by atoms with Gasteiger partial charge in [0.15, 0.2) is 12.7 Å². The number of rotatable bonds is 7. The van der Waals surface area contributed by atoms with E-state index in [1.165, 1.54) is 31.2 Å². The third-order valence-corrected chi connectivity index (χ3v) is 4.89. The lowest BCUT2D eigenvalue weighted by atomic mass is 10.1. The third-order valence-electron chi connectivity index (χ3n) is 3.96. The molecule has 0 aliphatic heterocycles. The minimum atomic E-state index is -3.81. The molecule has 0 spiro atoms. The molecule has 2 aromatic rings. The first-order chi connectivity index (χ1) is 13.1. The predicted octanol–water partition coefficient (Wildman–Crippen LogP) is 1.90. The molecule has 0 saturated heterocycles. The van der Waals surface area contributed by atoms with Gasteiger partial charge in [0.05, 0.1) is 4.90 Å². The molecule has 1 amide bonds. The molecule has 0 aliphatic carbocycles. The first kappa shape index (κ1) is 21.4. The number of esters is 1. The third kappa shape index (κ3) is 6.07. The molecule has 150 valence electrons. The topological polar surface area (TPSA) is 125 Å². The number of nitrogens with one attached hydrogen (secondary N) is 1. The Labute approximate surface area is 163 Å². The average Bonchev–Trinajstić information content (AvgIpc) is 2.62. The summed E-state index contributed by atoms with van der Waals surface area (Å²) in [5.74, 6) is -0.722. The standard InChI is InChI=1S/C19H22N2O6S/c1-12-4-7-16(10-13(12)2)26-11-18(22)27-14(3)19(23)21-15-5-8-17(9-6-15)28(20,24)25/h4-10,14H,11H2,1-3H3,(H,21,23)(H2,20,24,25)/t14-/m1/s1. The van der Waals surface area contributed by atoms with Gasteiger partial charge in [0, 0.05) is 5.69 Å². The smallest absolute Gasteiger partial charge is 0.344 e. The molecule has 28 heavy (non-hydrogen) atoms. The van der Waals surface area contributed by atoms with Crippen LogP contribution in [0.15, 0.2) is 47.4 Å². The van der Waals surface area contributed by atoms with E-state index < -0.39 is 28.0 Å². The Kier molecular flexibility index (Phi) is 6.76. The van der Waals surface area contributed by atoms with Gasteiger partial charge < -0.3 is 14.8 Å². The zero-order valence-corrected chi connectivity index (χ0v) is 16.6. The first-order valence-electron chi connectivity index (χ1n) is 8.39. The summed E-state index contributed by atoms with van der Waals surface area (Å²) in [6, 6.07) is 10.7. The second kappa shape index (κ2) is 8.85. The molecule has 2 aromatic carbocycles. The van der Waals surface area contributed by atoms with Crippen molar-refractivity contribution in [3.8, 4) is 5.75 Å². The number of nitrogens with two attached hydrogens (primary N) is 1. The normalized spacial score (nSPS) is 12.1. The second-order valence-corrected chi connectivity index (χ2v) is 7.79. The van der Waals surface area contributed by atoms with E-state index in [0.29, 0.717) is 11.4 Å². The highest BCUT2D eigenvalue weighted by molar-refractivity contribution is 7.89. The predicted molar refractivity (Wildman–Crippen MR) is 103 cm³/mol. The van der Waals surface area contributed by atoms with Gasteiger partial charge in [-0.25, -0.2) is 18.4 Å². The van der Waals surface area contributed by atoms with Gasteiger partial charge in [-0.15, -0.1) is 0 Å². The number of sulfonamides is 1. The van der Waals surface area contributed by atoms with Crippen LogP contribution < -0.4 is 15.2 Å². The lowest BCUT2D eigenvalue weighted by Gasteiger charge is -2.14. The second-order valence-electron chi connectivity index (χ2n) is 6.23. The molecule has 0 bridgehead atoms. The van der Waals surface area contributed by atoms with Crippen molar-refractivity contribution >= 4 is 27.6 Å². The summed E-state index contributed by atoms with van der Waals surface area (Å²) in [5, 5.41) is 7.53. The minimum absolute atomic E-state index is 0.0755. The van der Waals surface area contributed by atoms with E-state index in [0.717, 1.165) is 11.1 Å². The van der Waals surface area contributed by atoms with Gasteiger partial charge in [-0.3, -0.25) is 4.79 Å². The maximum atomic E-state index is 12.1. The van der Waals surface area contributed by atoms with Crippen molar-refractivity contribution in [2.75, 3.05) is 11.9 Å². The van der Waals surface area contributed by atoms with Crippen LogP contribution in [-0.2, 0) is 24.3 Å². The molecule has 1 atom stereocenters. The van der Waals surface area contributed by atoms with E-state index in [2.05, 4.69) is 5.32 Å². The summed E-state index contributed by atoms with van der Waals surface area (Å²) < 4.78 is 32.9. The number of carbonyl (C=O) groups excluding carboxylic acids is 2. The molecular weight excluding hydrogens is 384 g/mol. The molecule has 8 nitrogen and oxygen atoms in total. The largest absolute Gasteiger partial charge is 0.482 e. The number of benzene rings is 2. The molecule has 0 heterocycles. The van der Waals surface area contributed by atoms with E-state index >= 15 is 0 Å². The number of hydrogen-bond acceptors (Lipinski definition) is 6. The van der Waals surface area contributed by atoms with Crippen LogP contribution in [0.3, 0.4) is 0 Å². The van der Waals surface area contributed by atoms with Gasteiger partial charge in [-0.1, -0.05) is 6.07 Å². The van der Waals surface area contributed by atoms with Crippen LogP contribution >= 0.6 is 0 Å². The maximum Gasteiger partial charge on any atom is 0.344 e. The number of carbonyl (C=O) groups is 2. The zero-order valence-electron chi connectivity index (χ0n) is 15.8. The van der Waals surface area contributed by atoms with E-state index in [4.69, 9.17) is 14.6 Å². The Morgan fingerprint density at radius 2 is 1.71 bits per heavy atom. The average molecular weight is 406 g/mol. The molecule has 0 radical (unpaired) electrons. The van der Waals surface area contributed by atoms with Crippen LogP contribution in [0.5, 0.6) is 5.75 Å². The van der Waals surface area contributed by atoms with Crippen molar-refractivity contribution in [3.05, 3.63) is 53.6 Å². The molecule has 0 saturated carbocycles. The minimum Gasteiger partial charge on any atom is -0.482 e. The number of anilines is 1. The Balaban J connectivity index is 1.85. The molecule has 2 rings (SSSR count). The van der Waals surface area contributed by atoms with Gasteiger partial charge in [0.1, 0.15) is 5.75 Å². The van der Waals surface area contributed by atoms with Gasteiger partial charge >= 0.3 is 5.97 Å².